The number of aromatic carboxylic acids is 1. The number of carbonyl (C=O) groups excluding carboxylic acids is 4. The van der Waals surface area contributed by atoms with Gasteiger partial charge in [0.1, 0.15) is 5.00 Å². The van der Waals surface area contributed by atoms with Gasteiger partial charge in [-0.15, -0.1) is 23.1 Å². The molecule has 2 aromatic rings. The predicted octanol–water partition coefficient (Wildman–Crippen LogP) is 1.63. The molecule has 1 aliphatic heterocycles. The Morgan fingerprint density at radius 1 is 1.26 bits per heavy atom. The predicted molar refractivity (Wildman–Crippen MR) is 97.9 cm³/mol. The van der Waals surface area contributed by atoms with E-state index in [0.717, 1.165) is 32.9 Å². The van der Waals surface area contributed by atoms with Crippen LogP contribution < -0.4 is 10.0 Å². The molecule has 0 aliphatic carbocycles. The second-order valence-electron chi connectivity index (χ2n) is 5.73. The van der Waals surface area contributed by atoms with Crippen molar-refractivity contribution in [1.82, 2.24) is 0 Å². The maximum atomic E-state index is 12.9. The van der Waals surface area contributed by atoms with Crippen molar-refractivity contribution >= 4 is 51.9 Å². The highest BCUT2D eigenvalue weighted by Gasteiger charge is 2.42. The number of thioether (sulfide) groups is 1. The van der Waals surface area contributed by atoms with E-state index in [2.05, 4.69) is 0 Å². The summed E-state index contributed by atoms with van der Waals surface area (Å²) in [7, 11) is 1.22. The number of aryl methyl sites for hydroxylation is 1. The molecule has 1 aliphatic rings. The lowest BCUT2D eigenvalue weighted by atomic mass is 10.2. The first kappa shape index (κ1) is 19.1. The Kier molecular flexibility index (Phi) is 5.33. The number of carbonyl (C=O) groups is 4. The van der Waals surface area contributed by atoms with E-state index < -0.39 is 29.0 Å². The summed E-state index contributed by atoms with van der Waals surface area (Å²) in [5.41, 5.74) is 0.117. The molecule has 27 heavy (non-hydrogen) atoms. The van der Waals surface area contributed by atoms with E-state index in [9.17, 15) is 24.3 Å². The van der Waals surface area contributed by atoms with Gasteiger partial charge in [-0.1, -0.05) is 18.2 Å². The maximum absolute atomic E-state index is 12.9. The summed E-state index contributed by atoms with van der Waals surface area (Å²) in [6.07, 6.45) is -0.0948. The van der Waals surface area contributed by atoms with E-state index in [1.165, 1.54) is 13.2 Å². The van der Waals surface area contributed by atoms with Gasteiger partial charge in [0.05, 0.1) is 23.9 Å². The van der Waals surface area contributed by atoms with E-state index in [1.807, 2.05) is 0 Å². The minimum absolute atomic E-state index is 0.0385. The largest absolute Gasteiger partial charge is 0.545 e. The Morgan fingerprint density at radius 3 is 2.63 bits per heavy atom. The van der Waals surface area contributed by atoms with Crippen LogP contribution in [-0.2, 0) is 14.3 Å². The van der Waals surface area contributed by atoms with Crippen molar-refractivity contribution < 1.29 is 29.0 Å². The third-order valence-electron chi connectivity index (χ3n) is 3.93. The van der Waals surface area contributed by atoms with E-state index in [4.69, 9.17) is 4.74 Å². The van der Waals surface area contributed by atoms with Gasteiger partial charge in [0.25, 0.3) is 0 Å². The van der Waals surface area contributed by atoms with Gasteiger partial charge in [-0.05, 0) is 19.1 Å². The molecule has 0 unspecified atom stereocenters. The molecule has 0 saturated carbocycles. The number of amides is 2. The van der Waals surface area contributed by atoms with Crippen molar-refractivity contribution in [2.45, 2.75) is 23.5 Å². The Balaban J connectivity index is 1.91. The van der Waals surface area contributed by atoms with Crippen LogP contribution >= 0.6 is 23.1 Å². The number of rotatable bonds is 5. The first-order valence-corrected chi connectivity index (χ1v) is 9.55. The first-order chi connectivity index (χ1) is 12.8. The fraction of sp³-hybridized carbons (Fsp3) is 0.222. The molecular formula is C18H14NO6S2-. The molecule has 9 heteroatoms. The number of hydrogen-bond acceptors (Lipinski definition) is 8. The van der Waals surface area contributed by atoms with Gasteiger partial charge in [0, 0.05) is 21.8 Å². The van der Waals surface area contributed by atoms with Gasteiger partial charge in [0.15, 0.2) is 0 Å². The quantitative estimate of drug-likeness (QED) is 0.551. The van der Waals surface area contributed by atoms with Crippen molar-refractivity contribution in [2.24, 2.45) is 0 Å². The molecule has 0 N–H and O–H groups in total. The van der Waals surface area contributed by atoms with E-state index in [0.29, 0.717) is 4.90 Å². The minimum atomic E-state index is -1.35. The van der Waals surface area contributed by atoms with Gasteiger partial charge in [-0.2, -0.15) is 0 Å². The van der Waals surface area contributed by atoms with Crippen LogP contribution in [0.4, 0.5) is 5.00 Å². The van der Waals surface area contributed by atoms with Crippen molar-refractivity contribution in [3.63, 3.8) is 0 Å². The molecule has 1 fully saturated rings. The molecule has 2 amide bonds. The summed E-state index contributed by atoms with van der Waals surface area (Å²) in [6, 6.07) is 7.71. The molecule has 1 saturated heterocycles. The molecular weight excluding hydrogens is 390 g/mol. The molecule has 0 spiro atoms. The molecule has 7 nitrogen and oxygen atoms in total. The average Bonchev–Trinajstić information content (AvgIpc) is 3.14. The summed E-state index contributed by atoms with van der Waals surface area (Å²) in [5.74, 6) is -2.93. The maximum Gasteiger partial charge on any atom is 0.340 e. The molecule has 1 aromatic carbocycles. The van der Waals surface area contributed by atoms with E-state index in [1.54, 1.807) is 31.2 Å². The summed E-state index contributed by atoms with van der Waals surface area (Å²) in [6.45, 7) is 1.76. The number of carboxylic acid groups (broad SMARTS) is 1. The zero-order valence-electron chi connectivity index (χ0n) is 14.4. The number of carboxylic acids is 1. The Hall–Kier alpha value is -2.65. The number of esters is 1. The topological polar surface area (TPSA) is 104 Å². The first-order valence-electron chi connectivity index (χ1n) is 7.86. The van der Waals surface area contributed by atoms with Crippen LogP contribution in [0.1, 0.15) is 32.0 Å². The SMILES string of the molecule is COC(=O)c1cc(C)sc1N1C(=O)C[C@H](Sc2ccccc2C(=O)[O-])C1=O. The van der Waals surface area contributed by atoms with Crippen molar-refractivity contribution in [3.05, 3.63) is 46.3 Å². The molecule has 3 rings (SSSR count). The second kappa shape index (κ2) is 7.53. The molecule has 2 heterocycles. The number of imide groups is 1. The summed E-state index contributed by atoms with van der Waals surface area (Å²) >= 11 is 2.15. The number of anilines is 1. The zero-order valence-corrected chi connectivity index (χ0v) is 16.0. The highest BCUT2D eigenvalue weighted by Crippen LogP contribution is 2.39. The van der Waals surface area contributed by atoms with Gasteiger partial charge >= 0.3 is 5.97 Å². The highest BCUT2D eigenvalue weighted by molar-refractivity contribution is 8.00. The second-order valence-corrected chi connectivity index (χ2v) is 8.21. The monoisotopic (exact) mass is 404 g/mol. The Labute approximate surface area is 162 Å². The van der Waals surface area contributed by atoms with Gasteiger partial charge in [-0.3, -0.25) is 9.59 Å². The summed E-state index contributed by atoms with van der Waals surface area (Å²) < 4.78 is 4.73. The van der Waals surface area contributed by atoms with Gasteiger partial charge in [-0.25, -0.2) is 9.69 Å². The van der Waals surface area contributed by atoms with Crippen molar-refractivity contribution in [1.29, 1.82) is 0 Å². The molecule has 1 atom stereocenters. The molecule has 0 bridgehead atoms. The third-order valence-corrected chi connectivity index (χ3v) is 6.22. The molecule has 140 valence electrons. The number of hydrogen-bond donors (Lipinski definition) is 0. The minimum Gasteiger partial charge on any atom is -0.545 e. The third kappa shape index (κ3) is 3.60. The summed E-state index contributed by atoms with van der Waals surface area (Å²) in [4.78, 5) is 50.7. The van der Waals surface area contributed by atoms with Crippen LogP contribution in [0.3, 0.4) is 0 Å². The lowest BCUT2D eigenvalue weighted by Crippen LogP contribution is -2.31. The van der Waals surface area contributed by atoms with Crippen LogP contribution in [0, 0.1) is 6.92 Å². The fourth-order valence-electron chi connectivity index (χ4n) is 2.73. The fourth-order valence-corrected chi connectivity index (χ4v) is 4.92. The highest BCUT2D eigenvalue weighted by atomic mass is 32.2. The van der Waals surface area contributed by atoms with Crippen LogP contribution in [0.15, 0.2) is 35.2 Å². The van der Waals surface area contributed by atoms with Crippen LogP contribution in [0.5, 0.6) is 0 Å². The van der Waals surface area contributed by atoms with Crippen LogP contribution in [-0.4, -0.2) is 36.1 Å². The van der Waals surface area contributed by atoms with Crippen LogP contribution in [0.25, 0.3) is 0 Å². The molecule has 1 aromatic heterocycles. The number of methoxy groups -OCH3 is 1. The van der Waals surface area contributed by atoms with E-state index >= 15 is 0 Å². The van der Waals surface area contributed by atoms with Gasteiger partial charge in [0.2, 0.25) is 11.8 Å². The number of thiophene rings is 1. The average molecular weight is 404 g/mol. The number of benzene rings is 1. The standard InChI is InChI=1S/C18H15NO6S2/c1-9-7-11(18(24)25-2)16(26-9)19-14(20)8-13(15(19)21)27-12-6-4-3-5-10(12)17(22)23/h3-7,13H,8H2,1-2H3,(H,22,23)/p-1/t13-/m0/s1. The Bertz CT molecular complexity index is 951. The summed E-state index contributed by atoms with van der Waals surface area (Å²) in [5, 5.41) is 10.7. The van der Waals surface area contributed by atoms with Gasteiger partial charge < -0.3 is 14.6 Å². The van der Waals surface area contributed by atoms with Crippen LogP contribution in [0.2, 0.25) is 0 Å². The number of ether oxygens (including phenoxy) is 1. The lowest BCUT2D eigenvalue weighted by molar-refractivity contribution is -0.255. The van der Waals surface area contributed by atoms with E-state index in [-0.39, 0.29) is 22.5 Å². The smallest absolute Gasteiger partial charge is 0.340 e. The number of nitrogens with zero attached hydrogens (tertiary/aromatic N) is 1. The lowest BCUT2D eigenvalue weighted by Gasteiger charge is -2.15. The normalized spacial score (nSPS) is 16.7. The molecule has 0 radical (unpaired) electrons. The van der Waals surface area contributed by atoms with Crippen molar-refractivity contribution in [3.8, 4) is 0 Å². The van der Waals surface area contributed by atoms with Crippen molar-refractivity contribution in [2.75, 3.05) is 12.0 Å². The zero-order chi connectivity index (χ0) is 19.7. The Morgan fingerprint density at radius 2 is 1.96 bits per heavy atom.